The van der Waals surface area contributed by atoms with Crippen LogP contribution in [0, 0.1) is 0 Å². The fourth-order valence-corrected chi connectivity index (χ4v) is 1.43. The molecule has 1 atom stereocenters. The van der Waals surface area contributed by atoms with Gasteiger partial charge in [0, 0.05) is 33.0 Å². The van der Waals surface area contributed by atoms with Crippen molar-refractivity contribution in [2.75, 3.05) is 20.3 Å². The minimum Gasteiger partial charge on any atom is -0.389 e. The fourth-order valence-electron chi connectivity index (χ4n) is 1.43. The molecule has 0 saturated heterocycles. The van der Waals surface area contributed by atoms with Crippen LogP contribution >= 0.6 is 0 Å². The molecule has 0 aliphatic carbocycles. The highest BCUT2D eigenvalue weighted by Gasteiger charge is 2.09. The molecule has 0 saturated carbocycles. The van der Waals surface area contributed by atoms with Gasteiger partial charge in [-0.3, -0.25) is 18.7 Å². The Balaban J connectivity index is 2.61. The average Bonchev–Trinajstić information content (AvgIpc) is 2.37. The van der Waals surface area contributed by atoms with Gasteiger partial charge in [0.2, 0.25) is 5.91 Å². The van der Waals surface area contributed by atoms with E-state index in [1.54, 1.807) is 0 Å². The van der Waals surface area contributed by atoms with Gasteiger partial charge in [-0.2, -0.15) is 0 Å². The molecule has 1 amide bonds. The third-order valence-corrected chi connectivity index (χ3v) is 2.47. The highest BCUT2D eigenvalue weighted by Crippen LogP contribution is 1.83. The highest BCUT2D eigenvalue weighted by atomic mass is 16.5. The lowest BCUT2D eigenvalue weighted by Gasteiger charge is -2.11. The highest BCUT2D eigenvalue weighted by molar-refractivity contribution is 5.75. The second-order valence-corrected chi connectivity index (χ2v) is 4.04. The molecule has 0 bridgehead atoms. The molecule has 0 aliphatic rings. The van der Waals surface area contributed by atoms with Crippen molar-refractivity contribution in [1.29, 1.82) is 0 Å². The number of nitrogens with one attached hydrogen (secondary N) is 1. The number of hydrogen-bond acceptors (Lipinski definition) is 5. The number of carbonyl (C=O) groups excluding carboxylic acids is 1. The Hall–Kier alpha value is -1.93. The van der Waals surface area contributed by atoms with Gasteiger partial charge in [-0.25, -0.2) is 4.79 Å². The van der Waals surface area contributed by atoms with E-state index in [0.29, 0.717) is 0 Å². The summed E-state index contributed by atoms with van der Waals surface area (Å²) in [5, 5.41) is 11.8. The summed E-state index contributed by atoms with van der Waals surface area (Å²) in [7, 11) is 2.77. The molecule has 0 radical (unpaired) electrons. The first kappa shape index (κ1) is 15.1. The molecule has 8 heteroatoms. The lowest BCUT2D eigenvalue weighted by molar-refractivity contribution is -0.122. The Morgan fingerprint density at radius 2 is 2.21 bits per heavy atom. The Kier molecular flexibility index (Phi) is 5.46. The molecule has 0 aromatic carbocycles. The molecular weight excluding hydrogens is 254 g/mol. The summed E-state index contributed by atoms with van der Waals surface area (Å²) in [6, 6.07) is 1.20. The number of carbonyl (C=O) groups is 1. The van der Waals surface area contributed by atoms with Crippen LogP contribution in [0.1, 0.15) is 0 Å². The van der Waals surface area contributed by atoms with E-state index in [1.165, 1.54) is 26.4 Å². The quantitative estimate of drug-likeness (QED) is 0.604. The molecule has 106 valence electrons. The first-order chi connectivity index (χ1) is 8.95. The third-order valence-electron chi connectivity index (χ3n) is 2.47. The Morgan fingerprint density at radius 3 is 2.84 bits per heavy atom. The van der Waals surface area contributed by atoms with Gasteiger partial charge in [0.15, 0.2) is 0 Å². The van der Waals surface area contributed by atoms with Crippen LogP contribution in [-0.4, -0.2) is 46.5 Å². The van der Waals surface area contributed by atoms with Crippen LogP contribution in [0.4, 0.5) is 0 Å². The van der Waals surface area contributed by atoms with Crippen molar-refractivity contribution in [2.24, 2.45) is 7.05 Å². The summed E-state index contributed by atoms with van der Waals surface area (Å²) in [6.45, 7) is -0.0695. The van der Waals surface area contributed by atoms with E-state index >= 15 is 0 Å². The number of aliphatic hydroxyl groups excluding tert-OH is 1. The summed E-state index contributed by atoms with van der Waals surface area (Å²) in [6.07, 6.45) is 0.460. The molecule has 0 spiro atoms. The lowest BCUT2D eigenvalue weighted by Crippen LogP contribution is -2.41. The number of nitrogens with zero attached hydrogens (tertiary/aromatic N) is 2. The first-order valence-electron chi connectivity index (χ1n) is 5.66. The number of aromatic nitrogens is 2. The van der Waals surface area contributed by atoms with E-state index in [0.717, 1.165) is 9.13 Å². The fraction of sp³-hybridized carbons (Fsp3) is 0.545. The number of rotatable bonds is 6. The van der Waals surface area contributed by atoms with Crippen molar-refractivity contribution >= 4 is 5.91 Å². The van der Waals surface area contributed by atoms with Gasteiger partial charge in [0.05, 0.1) is 12.7 Å². The maximum Gasteiger partial charge on any atom is 0.331 e. The van der Waals surface area contributed by atoms with Gasteiger partial charge in [-0.05, 0) is 0 Å². The summed E-state index contributed by atoms with van der Waals surface area (Å²) in [4.78, 5) is 34.4. The average molecular weight is 271 g/mol. The van der Waals surface area contributed by atoms with Crippen LogP contribution in [0.3, 0.4) is 0 Å². The smallest absolute Gasteiger partial charge is 0.331 e. The Morgan fingerprint density at radius 1 is 1.53 bits per heavy atom. The monoisotopic (exact) mass is 271 g/mol. The molecule has 1 aromatic rings. The summed E-state index contributed by atoms with van der Waals surface area (Å²) >= 11 is 0. The van der Waals surface area contributed by atoms with Gasteiger partial charge < -0.3 is 15.2 Å². The van der Waals surface area contributed by atoms with Gasteiger partial charge >= 0.3 is 5.69 Å². The van der Waals surface area contributed by atoms with Crippen LogP contribution in [-0.2, 0) is 23.1 Å². The maximum absolute atomic E-state index is 11.6. The van der Waals surface area contributed by atoms with Gasteiger partial charge in [-0.1, -0.05) is 0 Å². The van der Waals surface area contributed by atoms with E-state index in [9.17, 15) is 19.5 Å². The normalized spacial score (nSPS) is 12.2. The largest absolute Gasteiger partial charge is 0.389 e. The predicted octanol–water partition coefficient (Wildman–Crippen LogP) is -2.33. The van der Waals surface area contributed by atoms with Crippen molar-refractivity contribution in [3.8, 4) is 0 Å². The molecule has 0 aliphatic heterocycles. The number of amides is 1. The van der Waals surface area contributed by atoms with E-state index in [4.69, 9.17) is 4.74 Å². The standard InChI is InChI=1S/C11H17N3O5/c1-13-10(17)3-4-14(11(13)18)6-9(16)12-5-8(15)7-19-2/h3-4,8,15H,5-7H2,1-2H3,(H,12,16). The van der Waals surface area contributed by atoms with Crippen LogP contribution in [0.2, 0.25) is 0 Å². The minimum absolute atomic E-state index is 0.0349. The second kappa shape index (κ2) is 6.86. The Bertz CT molecular complexity index is 548. The third kappa shape index (κ3) is 4.34. The number of methoxy groups -OCH3 is 1. The molecule has 1 aromatic heterocycles. The van der Waals surface area contributed by atoms with E-state index in [-0.39, 0.29) is 19.7 Å². The van der Waals surface area contributed by atoms with Crippen LogP contribution in [0.25, 0.3) is 0 Å². The van der Waals surface area contributed by atoms with Gasteiger partial charge in [0.25, 0.3) is 5.56 Å². The second-order valence-electron chi connectivity index (χ2n) is 4.04. The lowest BCUT2D eigenvalue weighted by atomic mass is 10.3. The SMILES string of the molecule is COCC(O)CNC(=O)Cn1ccc(=O)n(C)c1=O. The maximum atomic E-state index is 11.6. The zero-order valence-corrected chi connectivity index (χ0v) is 10.8. The van der Waals surface area contributed by atoms with E-state index < -0.39 is 23.3 Å². The topological polar surface area (TPSA) is 103 Å². The summed E-state index contributed by atoms with van der Waals surface area (Å²) < 4.78 is 6.73. The van der Waals surface area contributed by atoms with E-state index in [1.807, 2.05) is 0 Å². The number of hydrogen-bond donors (Lipinski definition) is 2. The number of aliphatic hydroxyl groups is 1. The molecule has 1 heterocycles. The Labute approximate surface area is 109 Å². The molecule has 2 N–H and O–H groups in total. The van der Waals surface area contributed by atoms with Crippen LogP contribution < -0.4 is 16.6 Å². The molecule has 19 heavy (non-hydrogen) atoms. The van der Waals surface area contributed by atoms with Crippen molar-refractivity contribution in [2.45, 2.75) is 12.6 Å². The molecule has 0 fully saturated rings. The van der Waals surface area contributed by atoms with Gasteiger partial charge in [-0.15, -0.1) is 0 Å². The zero-order chi connectivity index (χ0) is 14.4. The van der Waals surface area contributed by atoms with E-state index in [2.05, 4.69) is 5.32 Å². The summed E-state index contributed by atoms with van der Waals surface area (Å²) in [5.41, 5.74) is -1.00. The zero-order valence-electron chi connectivity index (χ0n) is 10.8. The molecule has 8 nitrogen and oxygen atoms in total. The van der Waals surface area contributed by atoms with Crippen LogP contribution in [0.5, 0.6) is 0 Å². The first-order valence-corrected chi connectivity index (χ1v) is 5.66. The van der Waals surface area contributed by atoms with Crippen LogP contribution in [0.15, 0.2) is 21.9 Å². The minimum atomic E-state index is -0.800. The molecular formula is C11H17N3O5. The summed E-state index contributed by atoms with van der Waals surface area (Å²) in [5.74, 6) is -0.434. The van der Waals surface area contributed by atoms with Gasteiger partial charge in [0.1, 0.15) is 6.54 Å². The van der Waals surface area contributed by atoms with Crippen molar-refractivity contribution in [3.63, 3.8) is 0 Å². The van der Waals surface area contributed by atoms with Crippen molar-refractivity contribution in [3.05, 3.63) is 33.1 Å². The van der Waals surface area contributed by atoms with Crippen molar-refractivity contribution < 1.29 is 14.6 Å². The predicted molar refractivity (Wildman–Crippen MR) is 66.8 cm³/mol. The molecule has 1 unspecified atom stereocenters. The number of ether oxygens (including phenoxy) is 1. The van der Waals surface area contributed by atoms with Crippen molar-refractivity contribution in [1.82, 2.24) is 14.5 Å². The molecule has 1 rings (SSSR count).